The molecule has 1 aromatic rings. The number of rotatable bonds is 4. The fourth-order valence-corrected chi connectivity index (χ4v) is 2.76. The molecule has 4 nitrogen and oxygen atoms in total. The van der Waals surface area contributed by atoms with Crippen LogP contribution in [0.25, 0.3) is 0 Å². The molecule has 0 saturated carbocycles. The molecule has 1 fully saturated rings. The molecule has 100 valence electrons. The van der Waals surface area contributed by atoms with Crippen LogP contribution in [-0.4, -0.2) is 25.9 Å². The molecule has 18 heavy (non-hydrogen) atoms. The van der Waals surface area contributed by atoms with Crippen LogP contribution in [0.4, 0.5) is 0 Å². The lowest BCUT2D eigenvalue weighted by Gasteiger charge is -2.42. The van der Waals surface area contributed by atoms with E-state index in [9.17, 15) is 0 Å². The third-order valence-electron chi connectivity index (χ3n) is 3.62. The van der Waals surface area contributed by atoms with E-state index in [1.165, 1.54) is 0 Å². The Bertz CT molecular complexity index is 394. The van der Waals surface area contributed by atoms with Gasteiger partial charge in [0.05, 0.1) is 11.6 Å². The highest BCUT2D eigenvalue weighted by Gasteiger charge is 2.41. The van der Waals surface area contributed by atoms with Crippen molar-refractivity contribution < 1.29 is 9.47 Å². The Balaban J connectivity index is 2.31. The predicted molar refractivity (Wildman–Crippen MR) is 71.3 cm³/mol. The Hall–Kier alpha value is -0.650. The van der Waals surface area contributed by atoms with Crippen LogP contribution >= 0.6 is 11.6 Å². The molecule has 2 rings (SSSR count). The highest BCUT2D eigenvalue weighted by molar-refractivity contribution is 6.30. The Morgan fingerprint density at radius 1 is 1.44 bits per heavy atom. The van der Waals surface area contributed by atoms with E-state index < -0.39 is 0 Å². The van der Waals surface area contributed by atoms with Crippen LogP contribution in [-0.2, 0) is 9.47 Å². The molecule has 1 aliphatic rings. The molecular formula is C13H19ClN2O2. The van der Waals surface area contributed by atoms with E-state index in [-0.39, 0.29) is 11.6 Å². The lowest BCUT2D eigenvalue weighted by molar-refractivity contribution is -0.111. The van der Waals surface area contributed by atoms with Crippen LogP contribution in [0.1, 0.15) is 24.4 Å². The largest absolute Gasteiger partial charge is 0.381 e. The summed E-state index contributed by atoms with van der Waals surface area (Å²) in [7, 11) is 1.72. The van der Waals surface area contributed by atoms with Crippen molar-refractivity contribution in [3.05, 3.63) is 34.9 Å². The van der Waals surface area contributed by atoms with Crippen molar-refractivity contribution in [1.29, 1.82) is 0 Å². The minimum atomic E-state index is -0.336. The lowest BCUT2D eigenvalue weighted by atomic mass is 9.82. The first-order chi connectivity index (χ1) is 8.72. The summed E-state index contributed by atoms with van der Waals surface area (Å²) in [5.41, 5.74) is 3.57. The molecule has 1 heterocycles. The number of nitrogens with two attached hydrogens (primary N) is 1. The predicted octanol–water partition coefficient (Wildman–Crippen LogP) is 2.04. The molecule has 1 aliphatic heterocycles. The van der Waals surface area contributed by atoms with Crippen LogP contribution in [0.3, 0.4) is 0 Å². The smallest absolute Gasteiger partial charge is 0.0929 e. The minimum absolute atomic E-state index is 0.0925. The Morgan fingerprint density at radius 3 is 2.72 bits per heavy atom. The molecule has 1 saturated heterocycles. The third-order valence-corrected chi connectivity index (χ3v) is 3.86. The van der Waals surface area contributed by atoms with Gasteiger partial charge in [0.2, 0.25) is 0 Å². The second kappa shape index (κ2) is 5.99. The molecule has 0 spiro atoms. The number of methoxy groups -OCH3 is 1. The fraction of sp³-hybridized carbons (Fsp3) is 0.538. The second-order valence-electron chi connectivity index (χ2n) is 4.54. The third kappa shape index (κ3) is 2.68. The number of nitrogens with one attached hydrogen (secondary N) is 1. The van der Waals surface area contributed by atoms with Crippen molar-refractivity contribution in [3.63, 3.8) is 0 Å². The van der Waals surface area contributed by atoms with Crippen molar-refractivity contribution in [3.8, 4) is 0 Å². The van der Waals surface area contributed by atoms with E-state index in [0.29, 0.717) is 18.2 Å². The number of hydrazine groups is 1. The molecule has 0 aromatic heterocycles. The molecule has 0 radical (unpaired) electrons. The lowest BCUT2D eigenvalue weighted by Crippen LogP contribution is -2.51. The maximum atomic E-state index is 6.04. The van der Waals surface area contributed by atoms with Crippen molar-refractivity contribution in [2.24, 2.45) is 5.84 Å². The Kier molecular flexibility index (Phi) is 4.59. The second-order valence-corrected chi connectivity index (χ2v) is 4.97. The van der Waals surface area contributed by atoms with Gasteiger partial charge in [-0.15, -0.1) is 0 Å². The average molecular weight is 271 g/mol. The van der Waals surface area contributed by atoms with Crippen molar-refractivity contribution in [2.75, 3.05) is 20.3 Å². The summed E-state index contributed by atoms with van der Waals surface area (Å²) in [4.78, 5) is 0. The summed E-state index contributed by atoms with van der Waals surface area (Å²) in [5, 5.41) is 0.700. The number of hydrogen-bond acceptors (Lipinski definition) is 4. The highest BCUT2D eigenvalue weighted by atomic mass is 35.5. The summed E-state index contributed by atoms with van der Waals surface area (Å²) >= 11 is 6.04. The highest BCUT2D eigenvalue weighted by Crippen LogP contribution is 2.37. The maximum absolute atomic E-state index is 6.04. The van der Waals surface area contributed by atoms with E-state index in [1.807, 2.05) is 24.3 Å². The Morgan fingerprint density at radius 2 is 2.17 bits per heavy atom. The van der Waals surface area contributed by atoms with Gasteiger partial charge in [0.25, 0.3) is 0 Å². The van der Waals surface area contributed by atoms with E-state index >= 15 is 0 Å². The first-order valence-corrected chi connectivity index (χ1v) is 6.44. The Labute approximate surface area is 112 Å². The van der Waals surface area contributed by atoms with E-state index in [0.717, 1.165) is 18.4 Å². The zero-order valence-electron chi connectivity index (χ0n) is 10.5. The number of hydrogen-bond donors (Lipinski definition) is 2. The number of ether oxygens (including phenoxy) is 2. The maximum Gasteiger partial charge on any atom is 0.0929 e. The molecule has 0 aliphatic carbocycles. The minimum Gasteiger partial charge on any atom is -0.381 e. The van der Waals surface area contributed by atoms with Gasteiger partial charge < -0.3 is 9.47 Å². The summed E-state index contributed by atoms with van der Waals surface area (Å²) in [5.74, 6) is 5.73. The number of halogens is 1. The standard InChI is InChI=1S/C13H19ClN2O2/c1-17-13(5-7-18-8-6-13)12(16-15)10-3-2-4-11(14)9-10/h2-4,9,12,16H,5-8,15H2,1H3. The van der Waals surface area contributed by atoms with E-state index in [2.05, 4.69) is 5.43 Å². The fourth-order valence-electron chi connectivity index (χ4n) is 2.57. The monoisotopic (exact) mass is 270 g/mol. The van der Waals surface area contributed by atoms with Crippen LogP contribution in [0, 0.1) is 0 Å². The summed E-state index contributed by atoms with van der Waals surface area (Å²) in [6.45, 7) is 1.37. The molecule has 0 bridgehead atoms. The zero-order chi connectivity index (χ0) is 13.0. The van der Waals surface area contributed by atoms with Gasteiger partial charge in [-0.2, -0.15) is 0 Å². The molecule has 1 aromatic carbocycles. The normalized spacial score (nSPS) is 20.6. The molecule has 5 heteroatoms. The van der Waals surface area contributed by atoms with Crippen molar-refractivity contribution in [1.82, 2.24) is 5.43 Å². The summed E-state index contributed by atoms with van der Waals surface area (Å²) in [6, 6.07) is 7.60. The van der Waals surface area contributed by atoms with Gasteiger partial charge in [0, 0.05) is 38.2 Å². The van der Waals surface area contributed by atoms with Gasteiger partial charge in [0.1, 0.15) is 0 Å². The van der Waals surface area contributed by atoms with Crippen LogP contribution < -0.4 is 11.3 Å². The topological polar surface area (TPSA) is 56.5 Å². The van der Waals surface area contributed by atoms with Crippen LogP contribution in [0.2, 0.25) is 5.02 Å². The van der Waals surface area contributed by atoms with Gasteiger partial charge in [-0.1, -0.05) is 23.7 Å². The van der Waals surface area contributed by atoms with Gasteiger partial charge in [0.15, 0.2) is 0 Å². The van der Waals surface area contributed by atoms with Gasteiger partial charge >= 0.3 is 0 Å². The molecule has 1 unspecified atom stereocenters. The first kappa shape index (κ1) is 13.8. The van der Waals surface area contributed by atoms with Gasteiger partial charge in [-0.3, -0.25) is 11.3 Å². The summed E-state index contributed by atoms with van der Waals surface area (Å²) < 4.78 is 11.2. The zero-order valence-corrected chi connectivity index (χ0v) is 11.2. The first-order valence-electron chi connectivity index (χ1n) is 6.06. The van der Waals surface area contributed by atoms with E-state index in [1.54, 1.807) is 7.11 Å². The van der Waals surface area contributed by atoms with Crippen LogP contribution in [0.5, 0.6) is 0 Å². The van der Waals surface area contributed by atoms with Crippen molar-refractivity contribution >= 4 is 11.6 Å². The summed E-state index contributed by atoms with van der Waals surface area (Å²) in [6.07, 6.45) is 1.62. The SMILES string of the molecule is COC1(C(NN)c2cccc(Cl)c2)CCOCC1. The molecule has 0 amide bonds. The quantitative estimate of drug-likeness (QED) is 0.649. The van der Waals surface area contributed by atoms with Gasteiger partial charge in [-0.05, 0) is 17.7 Å². The number of benzene rings is 1. The van der Waals surface area contributed by atoms with Crippen LogP contribution in [0.15, 0.2) is 24.3 Å². The molecule has 1 atom stereocenters. The molecule has 3 N–H and O–H groups in total. The van der Waals surface area contributed by atoms with E-state index in [4.69, 9.17) is 26.9 Å². The average Bonchev–Trinajstić information content (AvgIpc) is 2.41. The molecular weight excluding hydrogens is 252 g/mol. The van der Waals surface area contributed by atoms with Gasteiger partial charge in [-0.25, -0.2) is 0 Å². The van der Waals surface area contributed by atoms with Crippen molar-refractivity contribution in [2.45, 2.75) is 24.5 Å².